The maximum atomic E-state index is 6.00. The fourth-order valence-corrected chi connectivity index (χ4v) is 3.83. The topological polar surface area (TPSA) is 24.9 Å². The quantitative estimate of drug-likeness (QED) is 0.632. The number of hydrogen-bond acceptors (Lipinski definition) is 4. The highest BCUT2D eigenvalue weighted by molar-refractivity contribution is 7.16. The summed E-state index contributed by atoms with van der Waals surface area (Å²) in [5, 5.41) is 6.70. The summed E-state index contributed by atoms with van der Waals surface area (Å²) in [4.78, 5) is 5.77. The molecular weight excluding hydrogens is 320 g/mol. The number of rotatable bonds is 4. The Balaban J connectivity index is 1.80. The first-order chi connectivity index (χ1) is 10.1. The lowest BCUT2D eigenvalue weighted by Crippen LogP contribution is -2.04. The number of thiophene rings is 1. The number of aryl methyl sites for hydroxylation is 1. The van der Waals surface area contributed by atoms with Gasteiger partial charge in [0, 0.05) is 21.5 Å². The number of nitrogens with zero attached hydrogens (tertiary/aromatic N) is 1. The van der Waals surface area contributed by atoms with Gasteiger partial charge in [0.1, 0.15) is 0 Å². The first kappa shape index (κ1) is 14.6. The van der Waals surface area contributed by atoms with E-state index in [0.717, 1.165) is 26.3 Å². The van der Waals surface area contributed by atoms with Crippen LogP contribution in [0.15, 0.2) is 41.8 Å². The van der Waals surface area contributed by atoms with E-state index < -0.39 is 0 Å². The van der Waals surface area contributed by atoms with Crippen molar-refractivity contribution >= 4 is 40.0 Å². The van der Waals surface area contributed by atoms with Crippen LogP contribution in [0.25, 0.3) is 11.3 Å². The highest BCUT2D eigenvalue weighted by Crippen LogP contribution is 2.30. The predicted octanol–water partition coefficient (Wildman–Crippen LogP) is 6.01. The van der Waals surface area contributed by atoms with Crippen molar-refractivity contribution < 1.29 is 0 Å². The van der Waals surface area contributed by atoms with Crippen molar-refractivity contribution in [1.29, 1.82) is 0 Å². The second kappa shape index (κ2) is 6.18. The van der Waals surface area contributed by atoms with Gasteiger partial charge in [0.05, 0.1) is 21.1 Å². The van der Waals surface area contributed by atoms with Gasteiger partial charge in [-0.05, 0) is 38.1 Å². The van der Waals surface area contributed by atoms with Gasteiger partial charge in [-0.1, -0.05) is 23.7 Å². The van der Waals surface area contributed by atoms with E-state index in [1.807, 2.05) is 13.0 Å². The minimum Gasteiger partial charge on any atom is -0.378 e. The Hall–Kier alpha value is -1.36. The molecule has 2 heterocycles. The summed E-state index contributed by atoms with van der Waals surface area (Å²) in [7, 11) is 0. The van der Waals surface area contributed by atoms with E-state index in [0.29, 0.717) is 0 Å². The first-order valence-electron chi connectivity index (χ1n) is 6.66. The van der Waals surface area contributed by atoms with Gasteiger partial charge in [0.2, 0.25) is 0 Å². The number of aromatic nitrogens is 1. The fourth-order valence-electron chi connectivity index (χ4n) is 2.15. The number of benzene rings is 1. The lowest BCUT2D eigenvalue weighted by Gasteiger charge is -2.14. The molecule has 1 unspecified atom stereocenters. The number of nitrogens with one attached hydrogen (secondary N) is 1. The van der Waals surface area contributed by atoms with Crippen molar-refractivity contribution in [2.24, 2.45) is 0 Å². The third-order valence-electron chi connectivity index (χ3n) is 3.18. The largest absolute Gasteiger partial charge is 0.378 e. The van der Waals surface area contributed by atoms with Crippen molar-refractivity contribution in [2.45, 2.75) is 19.9 Å². The average molecular weight is 335 g/mol. The maximum absolute atomic E-state index is 6.00. The van der Waals surface area contributed by atoms with Crippen molar-refractivity contribution in [2.75, 3.05) is 5.32 Å². The number of anilines is 1. The Bertz CT molecular complexity index is 748. The molecule has 1 aromatic carbocycles. The predicted molar refractivity (Wildman–Crippen MR) is 93.7 cm³/mol. The molecule has 0 saturated carbocycles. The Kier molecular flexibility index (Phi) is 4.29. The molecule has 1 atom stereocenters. The fraction of sp³-hybridized carbons (Fsp3) is 0.188. The van der Waals surface area contributed by atoms with Crippen molar-refractivity contribution in [3.05, 3.63) is 56.0 Å². The minimum absolute atomic E-state index is 0.231. The molecule has 0 radical (unpaired) electrons. The Morgan fingerprint density at radius 3 is 2.76 bits per heavy atom. The minimum atomic E-state index is 0.231. The molecule has 0 bridgehead atoms. The summed E-state index contributed by atoms with van der Waals surface area (Å²) in [5.74, 6) is 0. The molecule has 0 aliphatic rings. The van der Waals surface area contributed by atoms with Crippen LogP contribution in [-0.2, 0) is 0 Å². The van der Waals surface area contributed by atoms with Crippen molar-refractivity contribution in [1.82, 2.24) is 4.98 Å². The smallest absolute Gasteiger partial charge is 0.0932 e. The van der Waals surface area contributed by atoms with Gasteiger partial charge in [-0.15, -0.1) is 22.7 Å². The molecule has 21 heavy (non-hydrogen) atoms. The molecule has 0 spiro atoms. The summed E-state index contributed by atoms with van der Waals surface area (Å²) < 4.78 is 0.824. The van der Waals surface area contributed by atoms with Gasteiger partial charge in [-0.3, -0.25) is 0 Å². The Labute approximate surface area is 137 Å². The van der Waals surface area contributed by atoms with Crippen LogP contribution in [0.5, 0.6) is 0 Å². The van der Waals surface area contributed by atoms with Crippen LogP contribution in [-0.4, -0.2) is 4.98 Å². The summed E-state index contributed by atoms with van der Waals surface area (Å²) in [5.41, 5.74) is 3.27. The van der Waals surface area contributed by atoms with E-state index in [2.05, 4.69) is 52.9 Å². The molecule has 1 N–H and O–H groups in total. The van der Waals surface area contributed by atoms with Crippen LogP contribution in [0.2, 0.25) is 4.34 Å². The van der Waals surface area contributed by atoms with Crippen molar-refractivity contribution in [3.8, 4) is 11.3 Å². The zero-order chi connectivity index (χ0) is 14.8. The second-order valence-corrected chi connectivity index (χ2v) is 7.65. The van der Waals surface area contributed by atoms with E-state index in [-0.39, 0.29) is 6.04 Å². The molecular formula is C16H15ClN2S2. The summed E-state index contributed by atoms with van der Waals surface area (Å²) in [6, 6.07) is 12.6. The lowest BCUT2D eigenvalue weighted by atomic mass is 10.1. The summed E-state index contributed by atoms with van der Waals surface area (Å²) in [6.45, 7) is 4.17. The zero-order valence-electron chi connectivity index (χ0n) is 11.8. The molecule has 3 rings (SSSR count). The highest BCUT2D eigenvalue weighted by Gasteiger charge is 2.09. The molecule has 0 aliphatic heterocycles. The van der Waals surface area contributed by atoms with E-state index in [9.17, 15) is 0 Å². The van der Waals surface area contributed by atoms with Crippen LogP contribution < -0.4 is 5.32 Å². The van der Waals surface area contributed by atoms with Crippen molar-refractivity contribution in [3.63, 3.8) is 0 Å². The van der Waals surface area contributed by atoms with Gasteiger partial charge in [-0.25, -0.2) is 4.98 Å². The molecule has 108 valence electrons. The molecule has 3 aromatic rings. The van der Waals surface area contributed by atoms with E-state index in [1.165, 1.54) is 4.88 Å². The van der Waals surface area contributed by atoms with Gasteiger partial charge in [0.25, 0.3) is 0 Å². The highest BCUT2D eigenvalue weighted by atomic mass is 35.5. The van der Waals surface area contributed by atoms with Gasteiger partial charge >= 0.3 is 0 Å². The monoisotopic (exact) mass is 334 g/mol. The molecule has 5 heteroatoms. The molecule has 2 aromatic heterocycles. The molecule has 0 aliphatic carbocycles. The van der Waals surface area contributed by atoms with Crippen LogP contribution in [0.1, 0.15) is 22.9 Å². The lowest BCUT2D eigenvalue weighted by molar-refractivity contribution is 0.908. The van der Waals surface area contributed by atoms with E-state index in [4.69, 9.17) is 11.6 Å². The molecule has 0 amide bonds. The first-order valence-corrected chi connectivity index (χ1v) is 8.73. The molecule has 0 saturated heterocycles. The third kappa shape index (κ3) is 3.46. The standard InChI is InChI=1S/C16H15ClN2S2/c1-10(15-6-7-16(17)21-15)18-13-5-3-4-12(8-13)14-9-20-11(2)19-14/h3-10,18H,1-2H3. The summed E-state index contributed by atoms with van der Waals surface area (Å²) in [6.07, 6.45) is 0. The van der Waals surface area contributed by atoms with Crippen LogP contribution in [0, 0.1) is 6.92 Å². The van der Waals surface area contributed by atoms with E-state index >= 15 is 0 Å². The number of thiazole rings is 1. The average Bonchev–Trinajstić information content (AvgIpc) is 3.08. The Morgan fingerprint density at radius 1 is 1.24 bits per heavy atom. The third-order valence-corrected chi connectivity index (χ3v) is 5.37. The number of hydrogen-bond donors (Lipinski definition) is 1. The molecule has 0 fully saturated rings. The second-order valence-electron chi connectivity index (χ2n) is 4.84. The Morgan fingerprint density at radius 2 is 2.10 bits per heavy atom. The van der Waals surface area contributed by atoms with E-state index in [1.54, 1.807) is 22.7 Å². The van der Waals surface area contributed by atoms with Gasteiger partial charge in [0.15, 0.2) is 0 Å². The SMILES string of the molecule is Cc1nc(-c2cccc(NC(C)c3ccc(Cl)s3)c2)cs1. The van der Waals surface area contributed by atoms with Crippen LogP contribution in [0.3, 0.4) is 0 Å². The summed E-state index contributed by atoms with van der Waals surface area (Å²) >= 11 is 9.28. The molecule has 2 nitrogen and oxygen atoms in total. The van der Waals surface area contributed by atoms with Gasteiger partial charge in [-0.2, -0.15) is 0 Å². The zero-order valence-corrected chi connectivity index (χ0v) is 14.1. The maximum Gasteiger partial charge on any atom is 0.0932 e. The van der Waals surface area contributed by atoms with Crippen LogP contribution in [0.4, 0.5) is 5.69 Å². The van der Waals surface area contributed by atoms with Gasteiger partial charge < -0.3 is 5.32 Å². The normalized spacial score (nSPS) is 12.3. The van der Waals surface area contributed by atoms with Crippen LogP contribution >= 0.6 is 34.3 Å². The number of halogens is 1.